The van der Waals surface area contributed by atoms with Crippen LogP contribution in [0.15, 0.2) is 85.1 Å². The Labute approximate surface area is 386 Å². The van der Waals surface area contributed by atoms with E-state index in [1.165, 1.54) is 57.8 Å². The summed E-state index contributed by atoms with van der Waals surface area (Å²) in [5.41, 5.74) is 0. The molecule has 366 valence electrons. The van der Waals surface area contributed by atoms with Crippen LogP contribution in [0.3, 0.4) is 0 Å². The third kappa shape index (κ3) is 34.2. The first kappa shape index (κ1) is 58.8. The molecule has 0 amide bonds. The predicted molar refractivity (Wildman–Crippen MR) is 256 cm³/mol. The summed E-state index contributed by atoms with van der Waals surface area (Å²) in [5, 5.41) is 30.9. The first-order chi connectivity index (χ1) is 31.0. The smallest absolute Gasteiger partial charge is 0.306 e. The second kappa shape index (κ2) is 40.1. The maximum atomic E-state index is 12.8. The van der Waals surface area contributed by atoms with E-state index in [9.17, 15) is 37.9 Å². The fraction of sp³-hybridized carbons (Fsp3) is 0.686. The highest BCUT2D eigenvalue weighted by molar-refractivity contribution is 7.85. The molecule has 0 aromatic carbocycles. The number of carbonyl (C=O) groups is 2. The number of hydrogen-bond donors (Lipinski definition) is 4. The summed E-state index contributed by atoms with van der Waals surface area (Å²) in [6, 6.07) is 0. The molecule has 1 rings (SSSR count). The average Bonchev–Trinajstić information content (AvgIpc) is 3.26. The van der Waals surface area contributed by atoms with Crippen LogP contribution in [0.2, 0.25) is 0 Å². The number of hydrogen-bond acceptors (Lipinski definition) is 11. The minimum absolute atomic E-state index is 0.0347. The Morgan fingerprint density at radius 3 is 1.45 bits per heavy atom. The van der Waals surface area contributed by atoms with Gasteiger partial charge in [0.05, 0.1) is 6.61 Å². The van der Waals surface area contributed by atoms with Crippen LogP contribution >= 0.6 is 0 Å². The molecule has 12 nitrogen and oxygen atoms in total. The zero-order chi connectivity index (χ0) is 46.9. The summed E-state index contributed by atoms with van der Waals surface area (Å²) in [7, 11) is -4.62. The highest BCUT2D eigenvalue weighted by atomic mass is 32.2. The van der Waals surface area contributed by atoms with E-state index in [1.807, 2.05) is 12.2 Å². The van der Waals surface area contributed by atoms with Crippen LogP contribution in [-0.2, 0) is 38.7 Å². The lowest BCUT2D eigenvalue weighted by atomic mass is 10.00. The van der Waals surface area contributed by atoms with Crippen molar-refractivity contribution >= 4 is 22.1 Å². The molecular formula is C51H84O12S. The molecule has 1 aliphatic heterocycles. The number of unbranched alkanes of at least 4 members (excludes halogenated alkanes) is 13. The Hall–Kier alpha value is -3.17. The van der Waals surface area contributed by atoms with Crippen molar-refractivity contribution in [2.45, 2.75) is 205 Å². The van der Waals surface area contributed by atoms with Crippen molar-refractivity contribution in [2.24, 2.45) is 0 Å². The van der Waals surface area contributed by atoms with E-state index in [4.69, 9.17) is 18.9 Å². The molecule has 2 unspecified atom stereocenters. The van der Waals surface area contributed by atoms with Crippen molar-refractivity contribution in [3.8, 4) is 0 Å². The summed E-state index contributed by atoms with van der Waals surface area (Å²) in [6.07, 6.45) is 43.4. The Morgan fingerprint density at radius 2 is 0.969 bits per heavy atom. The van der Waals surface area contributed by atoms with Gasteiger partial charge in [-0.05, 0) is 83.5 Å². The minimum Gasteiger partial charge on any atom is -0.462 e. The Morgan fingerprint density at radius 1 is 0.531 bits per heavy atom. The summed E-state index contributed by atoms with van der Waals surface area (Å²) in [4.78, 5) is 25.4. The summed E-state index contributed by atoms with van der Waals surface area (Å²) < 4.78 is 54.1. The van der Waals surface area contributed by atoms with Crippen LogP contribution in [0.25, 0.3) is 0 Å². The van der Waals surface area contributed by atoms with E-state index < -0.39 is 71.2 Å². The quantitative estimate of drug-likeness (QED) is 0.0198. The molecule has 1 aliphatic rings. The van der Waals surface area contributed by atoms with E-state index in [0.29, 0.717) is 19.3 Å². The maximum Gasteiger partial charge on any atom is 0.306 e. The highest BCUT2D eigenvalue weighted by Crippen LogP contribution is 2.24. The molecular weight excluding hydrogens is 837 g/mol. The molecule has 64 heavy (non-hydrogen) atoms. The molecule has 13 heteroatoms. The fourth-order valence-electron chi connectivity index (χ4n) is 6.69. The van der Waals surface area contributed by atoms with Crippen LogP contribution < -0.4 is 0 Å². The molecule has 0 aromatic rings. The molecule has 4 N–H and O–H groups in total. The minimum atomic E-state index is -4.62. The van der Waals surface area contributed by atoms with Gasteiger partial charge in [0.2, 0.25) is 0 Å². The van der Waals surface area contributed by atoms with Gasteiger partial charge in [0.1, 0.15) is 36.8 Å². The zero-order valence-electron chi connectivity index (χ0n) is 39.1. The fourth-order valence-corrected chi connectivity index (χ4v) is 7.38. The van der Waals surface area contributed by atoms with E-state index in [-0.39, 0.29) is 19.4 Å². The Kier molecular flexibility index (Phi) is 36.9. The lowest BCUT2D eigenvalue weighted by molar-refractivity contribution is -0.297. The summed E-state index contributed by atoms with van der Waals surface area (Å²) >= 11 is 0. The lowest BCUT2D eigenvalue weighted by Crippen LogP contribution is -2.60. The topological polar surface area (TPSA) is 186 Å². The van der Waals surface area contributed by atoms with E-state index in [2.05, 4.69) is 86.8 Å². The van der Waals surface area contributed by atoms with Gasteiger partial charge in [0, 0.05) is 12.8 Å². The maximum absolute atomic E-state index is 12.8. The molecule has 0 bridgehead atoms. The molecule has 1 heterocycles. The number of esters is 2. The van der Waals surface area contributed by atoms with Gasteiger partial charge in [-0.2, -0.15) is 8.42 Å². The second-order valence-corrected chi connectivity index (χ2v) is 17.9. The van der Waals surface area contributed by atoms with Crippen molar-refractivity contribution in [1.29, 1.82) is 0 Å². The van der Waals surface area contributed by atoms with Crippen molar-refractivity contribution in [1.82, 2.24) is 0 Å². The summed E-state index contributed by atoms with van der Waals surface area (Å²) in [5.74, 6) is -2.11. The van der Waals surface area contributed by atoms with Crippen LogP contribution in [-0.4, -0.2) is 96.0 Å². The van der Waals surface area contributed by atoms with E-state index in [0.717, 1.165) is 64.2 Å². The molecule has 0 saturated carbocycles. The second-order valence-electron chi connectivity index (χ2n) is 16.4. The standard InChI is InChI=1S/C51H84O12S/c1-3-5-7-9-11-13-15-17-19-21-22-24-26-28-30-32-34-36-38-40-47(53)62-44(42-61-51-50(56)49(55)48(54)45(63-51)43-64(57,58)59)41-60-46(52)39-37-35-33-31-29-27-25-23-20-18-16-14-12-10-8-6-4-2/h11-14,17-20,22,24,28,30,34,36,44-45,48-51,54-56H,3-10,15-16,21,23,25-27,29,31-33,35,37-43H2,1-2H3,(H,57,58,59)/b13-11+,14-12+,19-17+,20-18+,24-22+,30-28+,36-34+/t44-,45-,48-,49?,50?,51+/m1/s1. The normalized spacial score (nSPS) is 20.4. The van der Waals surface area contributed by atoms with Gasteiger partial charge in [0.25, 0.3) is 10.1 Å². The first-order valence-electron chi connectivity index (χ1n) is 24.1. The van der Waals surface area contributed by atoms with Gasteiger partial charge < -0.3 is 34.3 Å². The van der Waals surface area contributed by atoms with Crippen LogP contribution in [0.4, 0.5) is 0 Å². The van der Waals surface area contributed by atoms with Crippen LogP contribution in [0.5, 0.6) is 0 Å². The molecule has 0 aromatic heterocycles. The largest absolute Gasteiger partial charge is 0.462 e. The molecule has 0 spiro atoms. The molecule has 0 aliphatic carbocycles. The number of rotatable bonds is 39. The molecule has 6 atom stereocenters. The highest BCUT2D eigenvalue weighted by Gasteiger charge is 2.46. The van der Waals surface area contributed by atoms with Gasteiger partial charge in [-0.25, -0.2) is 0 Å². The van der Waals surface area contributed by atoms with E-state index >= 15 is 0 Å². The predicted octanol–water partition coefficient (Wildman–Crippen LogP) is 10.4. The molecule has 1 saturated heterocycles. The lowest BCUT2D eigenvalue weighted by Gasteiger charge is -2.40. The number of carbonyl (C=O) groups excluding carboxylic acids is 2. The van der Waals surface area contributed by atoms with Gasteiger partial charge >= 0.3 is 11.9 Å². The Balaban J connectivity index is 2.49. The van der Waals surface area contributed by atoms with Gasteiger partial charge in [-0.1, -0.05) is 157 Å². The monoisotopic (exact) mass is 921 g/mol. The van der Waals surface area contributed by atoms with Crippen molar-refractivity contribution in [2.75, 3.05) is 19.0 Å². The third-order valence-corrected chi connectivity index (χ3v) is 11.2. The molecule has 1 fully saturated rings. The van der Waals surface area contributed by atoms with Crippen molar-refractivity contribution in [3.63, 3.8) is 0 Å². The van der Waals surface area contributed by atoms with Gasteiger partial charge in [0.15, 0.2) is 12.4 Å². The SMILES string of the molecule is CCCCC/C=C/C/C=C/C/C=C/C/C=C/C/C=C/CCC(=O)O[C@H](COC(=O)CCCCCCCCC/C=C/C/C=C/CCCCC)CO[C@H]1O[C@H](CS(=O)(=O)O)[C@@H](O)C(O)C1O. The Bertz CT molecular complexity index is 1500. The van der Waals surface area contributed by atoms with Crippen molar-refractivity contribution in [3.05, 3.63) is 85.1 Å². The van der Waals surface area contributed by atoms with Gasteiger partial charge in [-0.15, -0.1) is 0 Å². The number of ether oxygens (including phenoxy) is 4. The van der Waals surface area contributed by atoms with Crippen LogP contribution in [0, 0.1) is 0 Å². The zero-order valence-corrected chi connectivity index (χ0v) is 39.9. The number of aliphatic hydroxyl groups excluding tert-OH is 3. The number of allylic oxidation sites excluding steroid dienone is 14. The average molecular weight is 921 g/mol. The summed E-state index contributed by atoms with van der Waals surface area (Å²) in [6.45, 7) is 3.64. The third-order valence-electron chi connectivity index (χ3n) is 10.5. The first-order valence-corrected chi connectivity index (χ1v) is 25.8. The van der Waals surface area contributed by atoms with E-state index in [1.54, 1.807) is 0 Å². The van der Waals surface area contributed by atoms with Crippen molar-refractivity contribution < 1.29 is 56.8 Å². The van der Waals surface area contributed by atoms with Gasteiger partial charge in [-0.3, -0.25) is 14.1 Å². The number of aliphatic hydroxyl groups is 3. The van der Waals surface area contributed by atoms with Crippen LogP contribution in [0.1, 0.15) is 168 Å². The molecule has 0 radical (unpaired) electrons.